The van der Waals surface area contributed by atoms with Crippen LogP contribution in [0.25, 0.3) is 22.0 Å². The number of carbonyl (C=O) groups is 1. The summed E-state index contributed by atoms with van der Waals surface area (Å²) in [7, 11) is -2.33. The largest absolute Gasteiger partial charge is 0.481 e. The number of aromatic nitrogens is 2. The number of Topliss-reactive ketones (excluding diaryl/α,β-unsaturated/α-hetero) is 1. The van der Waals surface area contributed by atoms with Crippen LogP contribution in [0.15, 0.2) is 48.7 Å². The summed E-state index contributed by atoms with van der Waals surface area (Å²) in [6, 6.07) is 9.40. The molecule has 0 bridgehead atoms. The molecule has 0 spiro atoms. The number of methoxy groups -OCH3 is 1. The van der Waals surface area contributed by atoms with Crippen molar-refractivity contribution in [3.63, 3.8) is 0 Å². The van der Waals surface area contributed by atoms with Crippen LogP contribution in [0, 0.1) is 11.6 Å². The molecule has 182 valence electrons. The summed E-state index contributed by atoms with van der Waals surface area (Å²) in [5.41, 5.74) is 1.14. The van der Waals surface area contributed by atoms with E-state index in [9.17, 15) is 22.0 Å². The van der Waals surface area contributed by atoms with Gasteiger partial charge < -0.3 is 9.30 Å². The van der Waals surface area contributed by atoms with Crippen molar-refractivity contribution in [2.24, 2.45) is 0 Å². The molecule has 4 rings (SSSR count). The lowest BCUT2D eigenvalue weighted by Gasteiger charge is -2.13. The zero-order valence-corrected chi connectivity index (χ0v) is 20.8. The van der Waals surface area contributed by atoms with Gasteiger partial charge in [0.05, 0.1) is 34.9 Å². The van der Waals surface area contributed by atoms with Crippen LogP contribution in [0.2, 0.25) is 10.0 Å². The minimum absolute atomic E-state index is 0.0289. The smallest absolute Gasteiger partial charge is 0.221 e. The number of hydrogen-bond donors (Lipinski definition) is 0. The van der Waals surface area contributed by atoms with Crippen LogP contribution in [0.4, 0.5) is 8.78 Å². The molecular formula is C24H18Cl2F2N2O4S. The third kappa shape index (κ3) is 5.03. The van der Waals surface area contributed by atoms with Crippen molar-refractivity contribution in [3.05, 3.63) is 81.6 Å². The number of halogens is 4. The van der Waals surface area contributed by atoms with Crippen molar-refractivity contribution in [3.8, 4) is 17.0 Å². The minimum atomic E-state index is -3.73. The summed E-state index contributed by atoms with van der Waals surface area (Å²) >= 11 is 12.6. The molecule has 11 heteroatoms. The molecular weight excluding hydrogens is 521 g/mol. The molecule has 0 unspecified atom stereocenters. The number of rotatable bonds is 7. The van der Waals surface area contributed by atoms with Crippen molar-refractivity contribution in [1.82, 2.24) is 9.55 Å². The fraction of sp³-hybridized carbons (Fsp3) is 0.167. The first-order chi connectivity index (χ1) is 16.5. The Hall–Kier alpha value is -3.01. The van der Waals surface area contributed by atoms with Crippen molar-refractivity contribution in [1.29, 1.82) is 0 Å². The molecule has 6 nitrogen and oxygen atoms in total. The van der Waals surface area contributed by atoms with Crippen molar-refractivity contribution in [2.75, 3.05) is 19.1 Å². The summed E-state index contributed by atoms with van der Waals surface area (Å²) < 4.78 is 59.1. The minimum Gasteiger partial charge on any atom is -0.481 e. The van der Waals surface area contributed by atoms with Crippen LogP contribution in [0.1, 0.15) is 16.1 Å². The van der Waals surface area contributed by atoms with E-state index in [1.807, 2.05) is 0 Å². The van der Waals surface area contributed by atoms with Crippen LogP contribution in [-0.4, -0.2) is 42.9 Å². The average molecular weight is 539 g/mol. The Labute approximate surface area is 210 Å². The van der Waals surface area contributed by atoms with Crippen molar-refractivity contribution >= 4 is 49.7 Å². The summed E-state index contributed by atoms with van der Waals surface area (Å²) in [4.78, 5) is 17.7. The second kappa shape index (κ2) is 9.56. The van der Waals surface area contributed by atoms with Crippen molar-refractivity contribution in [2.45, 2.75) is 6.54 Å². The van der Waals surface area contributed by atoms with Crippen molar-refractivity contribution < 1.29 is 26.7 Å². The van der Waals surface area contributed by atoms with E-state index < -0.39 is 33.0 Å². The summed E-state index contributed by atoms with van der Waals surface area (Å²) in [5.74, 6) is -2.94. The predicted molar refractivity (Wildman–Crippen MR) is 131 cm³/mol. The van der Waals surface area contributed by atoms with E-state index in [0.717, 1.165) is 18.4 Å². The summed E-state index contributed by atoms with van der Waals surface area (Å²) in [6.45, 7) is -0.214. The highest BCUT2D eigenvalue weighted by molar-refractivity contribution is 7.91. The number of pyridine rings is 1. The molecule has 4 aromatic rings. The molecule has 35 heavy (non-hydrogen) atoms. The number of benzene rings is 2. The molecule has 2 aromatic carbocycles. The summed E-state index contributed by atoms with van der Waals surface area (Å²) in [5, 5.41) is 0.810. The number of hydrogen-bond acceptors (Lipinski definition) is 5. The lowest BCUT2D eigenvalue weighted by atomic mass is 10.0. The molecule has 0 fully saturated rings. The fourth-order valence-electron chi connectivity index (χ4n) is 3.94. The van der Waals surface area contributed by atoms with E-state index >= 15 is 0 Å². The van der Waals surface area contributed by atoms with Crippen LogP contribution in [0.3, 0.4) is 0 Å². The standard InChI is InChI=1S/C24H18Cl2F2N2O4S/c1-34-24-15(4-3-7-29-24)22-16-9-17(25)18(26)10-20(16)30(23(22)21(31)12-35(2,32)33)11-13-5-6-14(27)8-19(13)28/h3-10H,11-12H2,1-2H3. The second-order valence-electron chi connectivity index (χ2n) is 7.88. The first-order valence-corrected chi connectivity index (χ1v) is 13.0. The van der Waals surface area contributed by atoms with Gasteiger partial charge in [-0.25, -0.2) is 22.2 Å². The van der Waals surface area contributed by atoms with Gasteiger partial charge in [-0.2, -0.15) is 0 Å². The number of ether oxygens (including phenoxy) is 1. The second-order valence-corrected chi connectivity index (χ2v) is 10.8. The molecule has 2 heterocycles. The van der Waals surface area contributed by atoms with E-state index in [0.29, 0.717) is 22.0 Å². The third-order valence-corrected chi connectivity index (χ3v) is 6.85. The van der Waals surface area contributed by atoms with Gasteiger partial charge in [0.2, 0.25) is 5.88 Å². The van der Waals surface area contributed by atoms with E-state index in [2.05, 4.69) is 4.98 Å². The van der Waals surface area contributed by atoms with E-state index in [1.165, 1.54) is 36.1 Å². The highest BCUT2D eigenvalue weighted by atomic mass is 35.5. The molecule has 0 aliphatic carbocycles. The monoisotopic (exact) mass is 538 g/mol. The van der Waals surface area contributed by atoms with Gasteiger partial charge in [-0.15, -0.1) is 0 Å². The summed E-state index contributed by atoms with van der Waals surface area (Å²) in [6.07, 6.45) is 2.44. The van der Waals surface area contributed by atoms with E-state index in [1.54, 1.807) is 12.1 Å². The maximum absolute atomic E-state index is 14.6. The molecule has 0 aliphatic heterocycles. The number of sulfone groups is 1. The fourth-order valence-corrected chi connectivity index (χ4v) is 4.87. The van der Waals surface area contributed by atoms with Gasteiger partial charge in [-0.05, 0) is 30.3 Å². The Morgan fingerprint density at radius 1 is 1.11 bits per heavy atom. The number of ketones is 1. The Morgan fingerprint density at radius 3 is 2.49 bits per heavy atom. The number of carbonyl (C=O) groups excluding carboxylic acids is 1. The van der Waals surface area contributed by atoms with Gasteiger partial charge in [0.1, 0.15) is 17.4 Å². The Kier molecular flexibility index (Phi) is 6.86. The maximum atomic E-state index is 14.6. The van der Waals surface area contributed by atoms with Gasteiger partial charge in [-0.3, -0.25) is 4.79 Å². The molecule has 0 saturated heterocycles. The Bertz CT molecular complexity index is 1590. The SMILES string of the molecule is COc1ncccc1-c1c(C(=O)CS(C)(=O)=O)n(Cc2ccc(F)cc2F)c2cc(Cl)c(Cl)cc12. The maximum Gasteiger partial charge on any atom is 0.221 e. The molecule has 0 amide bonds. The molecule has 0 radical (unpaired) electrons. The van der Waals surface area contributed by atoms with Gasteiger partial charge >= 0.3 is 0 Å². The lowest BCUT2D eigenvalue weighted by molar-refractivity contribution is 0.101. The van der Waals surface area contributed by atoms with Crippen LogP contribution in [0.5, 0.6) is 5.88 Å². The van der Waals surface area contributed by atoms with Gasteiger partial charge in [0.15, 0.2) is 15.6 Å². The average Bonchev–Trinajstić information content (AvgIpc) is 3.07. The highest BCUT2D eigenvalue weighted by Gasteiger charge is 2.29. The quantitative estimate of drug-likeness (QED) is 0.287. The number of fused-ring (bicyclic) bond motifs is 1. The molecule has 2 aromatic heterocycles. The van der Waals surface area contributed by atoms with Gasteiger partial charge in [-0.1, -0.05) is 29.3 Å². The third-order valence-electron chi connectivity index (χ3n) is 5.34. The van der Waals surface area contributed by atoms with E-state index in [-0.39, 0.29) is 33.7 Å². The van der Waals surface area contributed by atoms with Gasteiger partial charge in [0.25, 0.3) is 0 Å². The molecule has 0 saturated carbocycles. The highest BCUT2D eigenvalue weighted by Crippen LogP contribution is 2.42. The lowest BCUT2D eigenvalue weighted by Crippen LogP contribution is -2.20. The predicted octanol–water partition coefficient (Wildman–Crippen LogP) is 5.57. The Balaban J connectivity index is 2.12. The van der Waals surface area contributed by atoms with E-state index in [4.69, 9.17) is 27.9 Å². The zero-order chi connectivity index (χ0) is 25.5. The van der Waals surface area contributed by atoms with Crippen LogP contribution >= 0.6 is 23.2 Å². The number of nitrogens with zero attached hydrogens (tertiary/aromatic N) is 2. The zero-order valence-electron chi connectivity index (χ0n) is 18.5. The van der Waals surface area contributed by atoms with Crippen LogP contribution < -0.4 is 4.74 Å². The Morgan fingerprint density at radius 2 is 1.83 bits per heavy atom. The normalized spacial score (nSPS) is 11.7. The molecule has 0 atom stereocenters. The molecule has 0 aliphatic rings. The topological polar surface area (TPSA) is 78.3 Å². The first kappa shape index (κ1) is 25.1. The molecule has 0 N–H and O–H groups in total. The van der Waals surface area contributed by atoms with Crippen LogP contribution in [-0.2, 0) is 16.4 Å². The first-order valence-electron chi connectivity index (χ1n) is 10.2. The van der Waals surface area contributed by atoms with Gasteiger partial charge in [0, 0.05) is 40.6 Å².